The third kappa shape index (κ3) is 3.43. The first-order chi connectivity index (χ1) is 11.2. The van der Waals surface area contributed by atoms with Crippen LogP contribution in [0.2, 0.25) is 0 Å². The first kappa shape index (κ1) is 18.0. The zero-order chi connectivity index (χ0) is 18.1. The molecule has 2 N–H and O–H groups in total. The van der Waals surface area contributed by atoms with Crippen molar-refractivity contribution in [2.45, 2.75) is 26.1 Å². The van der Waals surface area contributed by atoms with Gasteiger partial charge in [0.05, 0.1) is 28.7 Å². The molecule has 0 spiro atoms. The fraction of sp³-hybridized carbons (Fsp3) is 0.375. The van der Waals surface area contributed by atoms with Crippen LogP contribution < -0.4 is 5.73 Å². The maximum absolute atomic E-state index is 12.8. The molecule has 1 heterocycles. The summed E-state index contributed by atoms with van der Waals surface area (Å²) in [6.45, 7) is 3.76. The normalized spacial score (nSPS) is 13.0. The minimum absolute atomic E-state index is 0.159. The van der Waals surface area contributed by atoms with Crippen molar-refractivity contribution in [1.29, 1.82) is 0 Å². The molecule has 1 aromatic carbocycles. The Morgan fingerprint density at radius 2 is 2.08 bits per heavy atom. The fourth-order valence-electron chi connectivity index (χ4n) is 2.24. The number of amides is 1. The molecule has 1 amide bonds. The van der Waals surface area contributed by atoms with E-state index in [0.29, 0.717) is 17.8 Å². The lowest BCUT2D eigenvalue weighted by atomic mass is 10.1. The van der Waals surface area contributed by atoms with Crippen molar-refractivity contribution in [3.63, 3.8) is 0 Å². The van der Waals surface area contributed by atoms with Gasteiger partial charge in [0, 0.05) is 19.6 Å². The molecule has 5 nitrogen and oxygen atoms in total. The van der Waals surface area contributed by atoms with Crippen molar-refractivity contribution in [2.24, 2.45) is 5.73 Å². The van der Waals surface area contributed by atoms with E-state index in [1.54, 1.807) is 14.0 Å². The van der Waals surface area contributed by atoms with Gasteiger partial charge in [0.1, 0.15) is 0 Å². The van der Waals surface area contributed by atoms with Gasteiger partial charge in [-0.3, -0.25) is 4.79 Å². The van der Waals surface area contributed by atoms with E-state index in [1.807, 2.05) is 6.92 Å². The SMILES string of the molecule is Cc1c(C(=O)N(C)C(C)CN)cnn1-c1cccc(C(F)(F)F)c1. The summed E-state index contributed by atoms with van der Waals surface area (Å²) in [6, 6.07) is 4.65. The van der Waals surface area contributed by atoms with Crippen LogP contribution in [0.1, 0.15) is 28.5 Å². The van der Waals surface area contributed by atoms with E-state index in [-0.39, 0.29) is 17.6 Å². The number of likely N-dealkylation sites (N-methyl/N-ethyl adjacent to an activating group) is 1. The molecule has 0 saturated carbocycles. The summed E-state index contributed by atoms with van der Waals surface area (Å²) in [6.07, 6.45) is -3.08. The summed E-state index contributed by atoms with van der Waals surface area (Å²) >= 11 is 0. The summed E-state index contributed by atoms with van der Waals surface area (Å²) in [5.74, 6) is -0.274. The van der Waals surface area contributed by atoms with Gasteiger partial charge in [0.25, 0.3) is 5.91 Å². The number of halogens is 3. The van der Waals surface area contributed by atoms with Gasteiger partial charge in [-0.2, -0.15) is 18.3 Å². The molecule has 2 rings (SSSR count). The summed E-state index contributed by atoms with van der Waals surface area (Å²) in [4.78, 5) is 14.0. The highest BCUT2D eigenvalue weighted by Gasteiger charge is 2.31. The van der Waals surface area contributed by atoms with E-state index < -0.39 is 11.7 Å². The van der Waals surface area contributed by atoms with Crippen molar-refractivity contribution in [2.75, 3.05) is 13.6 Å². The van der Waals surface area contributed by atoms with Crippen LogP contribution in [0.5, 0.6) is 0 Å². The number of hydrogen-bond donors (Lipinski definition) is 1. The van der Waals surface area contributed by atoms with E-state index >= 15 is 0 Å². The lowest BCUT2D eigenvalue weighted by molar-refractivity contribution is -0.137. The summed E-state index contributed by atoms with van der Waals surface area (Å²) in [7, 11) is 1.63. The van der Waals surface area contributed by atoms with Crippen LogP contribution >= 0.6 is 0 Å². The van der Waals surface area contributed by atoms with E-state index in [1.165, 1.54) is 27.9 Å². The molecule has 1 unspecified atom stereocenters. The van der Waals surface area contributed by atoms with Crippen molar-refractivity contribution >= 4 is 5.91 Å². The van der Waals surface area contributed by atoms with Crippen molar-refractivity contribution in [1.82, 2.24) is 14.7 Å². The predicted molar refractivity (Wildman–Crippen MR) is 83.9 cm³/mol. The van der Waals surface area contributed by atoms with Gasteiger partial charge in [0.2, 0.25) is 0 Å². The van der Waals surface area contributed by atoms with E-state index in [9.17, 15) is 18.0 Å². The molecule has 0 radical (unpaired) electrons. The zero-order valence-corrected chi connectivity index (χ0v) is 13.6. The maximum Gasteiger partial charge on any atom is 0.416 e. The molecule has 1 aromatic heterocycles. The highest BCUT2D eigenvalue weighted by molar-refractivity contribution is 5.95. The number of rotatable bonds is 4. The number of hydrogen-bond acceptors (Lipinski definition) is 3. The third-order valence-corrected chi connectivity index (χ3v) is 3.98. The molecule has 24 heavy (non-hydrogen) atoms. The minimum atomic E-state index is -4.44. The Bertz CT molecular complexity index is 739. The number of nitrogens with two attached hydrogens (primary N) is 1. The predicted octanol–water partition coefficient (Wildman–Crippen LogP) is 2.62. The average molecular weight is 340 g/mol. The van der Waals surface area contributed by atoms with Crippen LogP contribution in [0.25, 0.3) is 5.69 Å². The highest BCUT2D eigenvalue weighted by atomic mass is 19.4. The number of nitrogens with zero attached hydrogens (tertiary/aromatic N) is 3. The van der Waals surface area contributed by atoms with Crippen LogP contribution in [0.4, 0.5) is 13.2 Å². The van der Waals surface area contributed by atoms with E-state index in [4.69, 9.17) is 5.73 Å². The molecule has 130 valence electrons. The molecule has 0 fully saturated rings. The highest BCUT2D eigenvalue weighted by Crippen LogP contribution is 2.30. The number of carbonyl (C=O) groups excluding carboxylic acids is 1. The summed E-state index contributed by atoms with van der Waals surface area (Å²) < 4.78 is 39.9. The second-order valence-corrected chi connectivity index (χ2v) is 5.60. The number of aromatic nitrogens is 2. The molecule has 0 saturated heterocycles. The van der Waals surface area contributed by atoms with Gasteiger partial charge >= 0.3 is 6.18 Å². The van der Waals surface area contributed by atoms with Gasteiger partial charge in [-0.05, 0) is 32.0 Å². The van der Waals surface area contributed by atoms with Crippen LogP contribution in [-0.2, 0) is 6.18 Å². The Kier molecular flexibility index (Phi) is 4.98. The molecular formula is C16H19F3N4O. The first-order valence-electron chi connectivity index (χ1n) is 7.36. The zero-order valence-electron chi connectivity index (χ0n) is 13.6. The number of carbonyl (C=O) groups is 1. The fourth-order valence-corrected chi connectivity index (χ4v) is 2.24. The van der Waals surface area contributed by atoms with Crippen LogP contribution in [-0.4, -0.2) is 40.2 Å². The Balaban J connectivity index is 2.39. The van der Waals surface area contributed by atoms with Gasteiger partial charge in [-0.15, -0.1) is 0 Å². The van der Waals surface area contributed by atoms with Crippen LogP contribution in [0.15, 0.2) is 30.5 Å². The second kappa shape index (κ2) is 6.64. The van der Waals surface area contributed by atoms with E-state index in [0.717, 1.165) is 12.1 Å². The topological polar surface area (TPSA) is 64.2 Å². The van der Waals surface area contributed by atoms with Crippen molar-refractivity contribution in [3.8, 4) is 5.69 Å². The Morgan fingerprint density at radius 1 is 1.42 bits per heavy atom. The van der Waals surface area contributed by atoms with Gasteiger partial charge in [-0.1, -0.05) is 6.07 Å². The summed E-state index contributed by atoms with van der Waals surface area (Å²) in [5, 5.41) is 4.07. The lowest BCUT2D eigenvalue weighted by Crippen LogP contribution is -2.39. The second-order valence-electron chi connectivity index (χ2n) is 5.60. The lowest BCUT2D eigenvalue weighted by Gasteiger charge is -2.23. The smallest absolute Gasteiger partial charge is 0.338 e. The van der Waals surface area contributed by atoms with Crippen molar-refractivity contribution < 1.29 is 18.0 Å². The molecular weight excluding hydrogens is 321 g/mol. The molecule has 2 aromatic rings. The van der Waals surface area contributed by atoms with Crippen LogP contribution in [0, 0.1) is 6.92 Å². The first-order valence-corrected chi connectivity index (χ1v) is 7.36. The largest absolute Gasteiger partial charge is 0.416 e. The van der Waals surface area contributed by atoms with Gasteiger partial charge in [-0.25, -0.2) is 4.68 Å². The standard InChI is InChI=1S/C16H19F3N4O/c1-10(8-20)22(3)15(24)14-9-21-23(11(14)2)13-6-4-5-12(7-13)16(17,18)19/h4-7,9-10H,8,20H2,1-3H3. The molecule has 0 aliphatic carbocycles. The molecule has 0 aliphatic rings. The molecule has 1 atom stereocenters. The number of benzene rings is 1. The molecule has 0 bridgehead atoms. The quantitative estimate of drug-likeness (QED) is 0.930. The Hall–Kier alpha value is -2.35. The Labute approximate surface area is 137 Å². The summed E-state index contributed by atoms with van der Waals surface area (Å²) in [5.41, 5.74) is 5.84. The van der Waals surface area contributed by atoms with Crippen LogP contribution in [0.3, 0.4) is 0 Å². The molecule has 8 heteroatoms. The monoisotopic (exact) mass is 340 g/mol. The third-order valence-electron chi connectivity index (χ3n) is 3.98. The molecule has 0 aliphatic heterocycles. The maximum atomic E-state index is 12.8. The van der Waals surface area contributed by atoms with Gasteiger partial charge in [0.15, 0.2) is 0 Å². The van der Waals surface area contributed by atoms with Gasteiger partial charge < -0.3 is 10.6 Å². The van der Waals surface area contributed by atoms with Crippen molar-refractivity contribution in [3.05, 3.63) is 47.3 Å². The average Bonchev–Trinajstić information content (AvgIpc) is 2.93. The number of alkyl halides is 3. The minimum Gasteiger partial charge on any atom is -0.338 e. The van der Waals surface area contributed by atoms with E-state index in [2.05, 4.69) is 5.10 Å². The Morgan fingerprint density at radius 3 is 2.67 bits per heavy atom.